The monoisotopic (exact) mass is 263 g/mol. The van der Waals surface area contributed by atoms with Crippen molar-refractivity contribution in [2.24, 2.45) is 11.8 Å². The van der Waals surface area contributed by atoms with Crippen molar-refractivity contribution in [2.45, 2.75) is 52.5 Å². The Hall–Kier alpha value is -1.32. The summed E-state index contributed by atoms with van der Waals surface area (Å²) in [7, 11) is 0. The van der Waals surface area contributed by atoms with Crippen LogP contribution in [0.5, 0.6) is 5.88 Å². The molecule has 3 atom stereocenters. The fourth-order valence-electron chi connectivity index (χ4n) is 2.59. The van der Waals surface area contributed by atoms with Crippen molar-refractivity contribution >= 4 is 5.82 Å². The van der Waals surface area contributed by atoms with Gasteiger partial charge in [-0.1, -0.05) is 20.8 Å². The van der Waals surface area contributed by atoms with E-state index in [1.54, 1.807) is 6.33 Å². The van der Waals surface area contributed by atoms with E-state index >= 15 is 0 Å². The second-order valence-electron chi connectivity index (χ2n) is 5.70. The van der Waals surface area contributed by atoms with Crippen molar-refractivity contribution in [1.82, 2.24) is 9.97 Å². The molecule has 1 heterocycles. The quantitative estimate of drug-likeness (QED) is 0.883. The van der Waals surface area contributed by atoms with E-state index in [9.17, 15) is 0 Å². The SMILES string of the molecule is CCCOc1cc(NC2CCC(C)C(C)C2)ncn1. The zero-order chi connectivity index (χ0) is 13.7. The molecule has 2 rings (SSSR count). The van der Waals surface area contributed by atoms with Crippen LogP contribution in [0.15, 0.2) is 12.4 Å². The van der Waals surface area contributed by atoms with E-state index in [-0.39, 0.29) is 0 Å². The number of hydrogen-bond acceptors (Lipinski definition) is 4. The zero-order valence-corrected chi connectivity index (χ0v) is 12.2. The molecule has 0 aromatic carbocycles. The van der Waals surface area contributed by atoms with Crippen molar-refractivity contribution in [3.63, 3.8) is 0 Å². The molecule has 1 aromatic heterocycles. The van der Waals surface area contributed by atoms with Crippen LogP contribution in [0.4, 0.5) is 5.82 Å². The minimum atomic E-state index is 0.528. The standard InChI is InChI=1S/C15H25N3O/c1-4-7-19-15-9-14(16-10-17-15)18-13-6-5-11(2)12(3)8-13/h9-13H,4-8H2,1-3H3,(H,16,17,18). The fourth-order valence-corrected chi connectivity index (χ4v) is 2.59. The third-order valence-electron chi connectivity index (χ3n) is 4.05. The van der Waals surface area contributed by atoms with Gasteiger partial charge in [0.15, 0.2) is 0 Å². The Kier molecular flexibility index (Phi) is 5.00. The van der Waals surface area contributed by atoms with Crippen molar-refractivity contribution in [3.8, 4) is 5.88 Å². The van der Waals surface area contributed by atoms with Gasteiger partial charge in [-0.25, -0.2) is 9.97 Å². The zero-order valence-electron chi connectivity index (χ0n) is 12.2. The highest BCUT2D eigenvalue weighted by atomic mass is 16.5. The van der Waals surface area contributed by atoms with Gasteiger partial charge >= 0.3 is 0 Å². The van der Waals surface area contributed by atoms with Gasteiger partial charge < -0.3 is 10.1 Å². The molecule has 0 radical (unpaired) electrons. The molecule has 1 fully saturated rings. The molecule has 1 saturated carbocycles. The fraction of sp³-hybridized carbons (Fsp3) is 0.733. The second-order valence-corrected chi connectivity index (χ2v) is 5.70. The van der Waals surface area contributed by atoms with E-state index in [1.807, 2.05) is 6.07 Å². The molecule has 19 heavy (non-hydrogen) atoms. The summed E-state index contributed by atoms with van der Waals surface area (Å²) in [5.41, 5.74) is 0. The van der Waals surface area contributed by atoms with E-state index in [0.29, 0.717) is 18.5 Å². The van der Waals surface area contributed by atoms with Crippen LogP contribution in [0, 0.1) is 11.8 Å². The molecule has 1 N–H and O–H groups in total. The number of rotatable bonds is 5. The summed E-state index contributed by atoms with van der Waals surface area (Å²) >= 11 is 0. The van der Waals surface area contributed by atoms with Gasteiger partial charge in [-0.3, -0.25) is 0 Å². The molecule has 4 heteroatoms. The van der Waals surface area contributed by atoms with Crippen molar-refractivity contribution in [1.29, 1.82) is 0 Å². The Labute approximate surface area is 116 Å². The summed E-state index contributed by atoms with van der Waals surface area (Å²) in [4.78, 5) is 8.41. The highest BCUT2D eigenvalue weighted by molar-refractivity contribution is 5.38. The van der Waals surface area contributed by atoms with E-state index in [1.165, 1.54) is 19.3 Å². The molecule has 0 spiro atoms. The van der Waals surface area contributed by atoms with Crippen molar-refractivity contribution in [2.75, 3.05) is 11.9 Å². The van der Waals surface area contributed by atoms with Gasteiger partial charge in [0.05, 0.1) is 6.61 Å². The minimum Gasteiger partial charge on any atom is -0.478 e. The Morgan fingerprint density at radius 2 is 2.11 bits per heavy atom. The number of ether oxygens (including phenoxy) is 1. The maximum atomic E-state index is 5.53. The largest absolute Gasteiger partial charge is 0.478 e. The summed E-state index contributed by atoms with van der Waals surface area (Å²) in [6.07, 6.45) is 6.30. The molecule has 1 aromatic rings. The minimum absolute atomic E-state index is 0.528. The average molecular weight is 263 g/mol. The lowest BCUT2D eigenvalue weighted by atomic mass is 9.79. The maximum Gasteiger partial charge on any atom is 0.218 e. The van der Waals surface area contributed by atoms with Crippen molar-refractivity contribution in [3.05, 3.63) is 12.4 Å². The summed E-state index contributed by atoms with van der Waals surface area (Å²) in [6, 6.07) is 2.43. The van der Waals surface area contributed by atoms with Crippen LogP contribution in [0.2, 0.25) is 0 Å². The van der Waals surface area contributed by atoms with Crippen LogP contribution < -0.4 is 10.1 Å². The highest BCUT2D eigenvalue weighted by Crippen LogP contribution is 2.30. The molecular formula is C15H25N3O. The van der Waals surface area contributed by atoms with Gasteiger partial charge in [0.2, 0.25) is 5.88 Å². The first-order chi connectivity index (χ1) is 9.19. The lowest BCUT2D eigenvalue weighted by Gasteiger charge is -2.32. The Bertz CT molecular complexity index is 397. The third-order valence-corrected chi connectivity index (χ3v) is 4.05. The topological polar surface area (TPSA) is 47.0 Å². The van der Waals surface area contributed by atoms with Crippen LogP contribution >= 0.6 is 0 Å². The van der Waals surface area contributed by atoms with Gasteiger partial charge in [0.1, 0.15) is 12.1 Å². The average Bonchev–Trinajstić information content (AvgIpc) is 2.41. The lowest BCUT2D eigenvalue weighted by Crippen LogP contribution is -2.30. The number of aromatic nitrogens is 2. The van der Waals surface area contributed by atoms with Crippen LogP contribution in [-0.4, -0.2) is 22.6 Å². The van der Waals surface area contributed by atoms with Gasteiger partial charge in [0, 0.05) is 12.1 Å². The van der Waals surface area contributed by atoms with Crippen LogP contribution in [0.3, 0.4) is 0 Å². The van der Waals surface area contributed by atoms with E-state index in [0.717, 1.165) is 24.1 Å². The molecule has 0 saturated heterocycles. The van der Waals surface area contributed by atoms with Gasteiger partial charge in [-0.05, 0) is 37.5 Å². The Balaban J connectivity index is 1.91. The van der Waals surface area contributed by atoms with Crippen LogP contribution in [0.1, 0.15) is 46.5 Å². The molecule has 0 amide bonds. The molecule has 106 valence electrons. The van der Waals surface area contributed by atoms with E-state index in [2.05, 4.69) is 36.1 Å². The molecule has 3 unspecified atom stereocenters. The third kappa shape index (κ3) is 4.08. The number of nitrogens with one attached hydrogen (secondary N) is 1. The van der Waals surface area contributed by atoms with Gasteiger partial charge in [0.25, 0.3) is 0 Å². The first-order valence-electron chi connectivity index (χ1n) is 7.40. The second kappa shape index (κ2) is 6.73. The molecule has 1 aliphatic carbocycles. The number of anilines is 1. The maximum absolute atomic E-state index is 5.53. The molecule has 0 bridgehead atoms. The van der Waals surface area contributed by atoms with E-state index < -0.39 is 0 Å². The lowest BCUT2D eigenvalue weighted by molar-refractivity contribution is 0.260. The van der Waals surface area contributed by atoms with E-state index in [4.69, 9.17) is 4.74 Å². The molecule has 1 aliphatic rings. The highest BCUT2D eigenvalue weighted by Gasteiger charge is 2.24. The summed E-state index contributed by atoms with van der Waals surface area (Å²) < 4.78 is 5.53. The Morgan fingerprint density at radius 3 is 2.84 bits per heavy atom. The predicted octanol–water partition coefficient (Wildman–Crippen LogP) is 3.50. The Morgan fingerprint density at radius 1 is 1.26 bits per heavy atom. The van der Waals surface area contributed by atoms with Gasteiger partial charge in [-0.2, -0.15) is 0 Å². The molecular weight excluding hydrogens is 238 g/mol. The number of hydrogen-bond donors (Lipinski definition) is 1. The summed E-state index contributed by atoms with van der Waals surface area (Å²) in [5.74, 6) is 3.17. The first kappa shape index (κ1) is 14.1. The first-order valence-corrected chi connectivity index (χ1v) is 7.40. The van der Waals surface area contributed by atoms with Crippen molar-refractivity contribution < 1.29 is 4.74 Å². The van der Waals surface area contributed by atoms with Crippen LogP contribution in [0.25, 0.3) is 0 Å². The summed E-state index contributed by atoms with van der Waals surface area (Å²) in [5, 5.41) is 3.52. The van der Waals surface area contributed by atoms with Gasteiger partial charge in [-0.15, -0.1) is 0 Å². The molecule has 4 nitrogen and oxygen atoms in total. The summed E-state index contributed by atoms with van der Waals surface area (Å²) in [6.45, 7) is 7.48. The van der Waals surface area contributed by atoms with Crippen LogP contribution in [-0.2, 0) is 0 Å². The number of nitrogens with zero attached hydrogens (tertiary/aromatic N) is 2. The molecule has 0 aliphatic heterocycles. The smallest absolute Gasteiger partial charge is 0.218 e. The predicted molar refractivity (Wildman–Crippen MR) is 77.4 cm³/mol. The normalized spacial score (nSPS) is 27.0.